The van der Waals surface area contributed by atoms with E-state index in [4.69, 9.17) is 14.2 Å². The van der Waals surface area contributed by atoms with Crippen molar-refractivity contribution in [2.75, 3.05) is 27.4 Å². The van der Waals surface area contributed by atoms with Crippen LogP contribution < -0.4 is 25.1 Å². The molecule has 1 aromatic carbocycles. The number of hydrogen-bond donors (Lipinski definition) is 2. The topological polar surface area (TPSA) is 103 Å². The Morgan fingerprint density at radius 3 is 2.41 bits per heavy atom. The first kappa shape index (κ1) is 20.3. The van der Waals surface area contributed by atoms with E-state index in [-0.39, 0.29) is 36.2 Å². The first-order valence-electron chi connectivity index (χ1n) is 8.66. The Balaban J connectivity index is 1.94. The highest BCUT2D eigenvalue weighted by Crippen LogP contribution is 2.17. The number of rotatable bonds is 9. The fourth-order valence-corrected chi connectivity index (χ4v) is 2.39. The summed E-state index contributed by atoms with van der Waals surface area (Å²) in [5, 5.41) is 2.68. The normalized spacial score (nSPS) is 10.6. The van der Waals surface area contributed by atoms with Gasteiger partial charge in [-0.15, -0.1) is 0 Å². The van der Waals surface area contributed by atoms with Gasteiger partial charge in [-0.3, -0.25) is 9.59 Å². The van der Waals surface area contributed by atoms with Crippen molar-refractivity contribution in [3.05, 3.63) is 46.0 Å². The number of nitrogens with zero attached hydrogens (tertiary/aromatic N) is 1. The Bertz CT molecular complexity index is 815. The van der Waals surface area contributed by atoms with E-state index in [1.807, 2.05) is 13.8 Å². The van der Waals surface area contributed by atoms with Gasteiger partial charge in [0.25, 0.3) is 11.5 Å². The van der Waals surface area contributed by atoms with Gasteiger partial charge in [0.2, 0.25) is 5.88 Å². The zero-order valence-electron chi connectivity index (χ0n) is 16.0. The second kappa shape index (κ2) is 9.61. The van der Waals surface area contributed by atoms with Crippen molar-refractivity contribution in [1.82, 2.24) is 15.3 Å². The lowest BCUT2D eigenvalue weighted by Crippen LogP contribution is -2.32. The van der Waals surface area contributed by atoms with Gasteiger partial charge in [0.05, 0.1) is 20.8 Å². The molecule has 0 aliphatic carbocycles. The second-order valence-corrected chi connectivity index (χ2v) is 6.27. The van der Waals surface area contributed by atoms with Crippen LogP contribution in [0.1, 0.15) is 30.0 Å². The van der Waals surface area contributed by atoms with Crippen LogP contribution in [0.3, 0.4) is 0 Å². The minimum Gasteiger partial charge on any atom is -0.497 e. The molecule has 2 aromatic rings. The first-order valence-corrected chi connectivity index (χ1v) is 8.66. The Hall–Kier alpha value is -3.03. The van der Waals surface area contributed by atoms with E-state index in [9.17, 15) is 9.59 Å². The molecule has 0 fully saturated rings. The predicted molar refractivity (Wildman–Crippen MR) is 101 cm³/mol. The molecule has 0 unspecified atom stereocenters. The molecule has 8 nitrogen and oxygen atoms in total. The van der Waals surface area contributed by atoms with Crippen molar-refractivity contribution in [1.29, 1.82) is 0 Å². The third kappa shape index (κ3) is 5.73. The number of aromatic nitrogens is 2. The zero-order chi connectivity index (χ0) is 19.8. The molecule has 0 aliphatic heterocycles. The molecule has 0 bridgehead atoms. The number of amides is 1. The van der Waals surface area contributed by atoms with E-state index in [2.05, 4.69) is 15.3 Å². The number of ether oxygens (including phenoxy) is 3. The Morgan fingerprint density at radius 2 is 1.81 bits per heavy atom. The molecule has 8 heteroatoms. The highest BCUT2D eigenvalue weighted by Gasteiger charge is 2.18. The number of carbonyl (C=O) groups is 1. The fraction of sp³-hybridized carbons (Fsp3) is 0.421. The molecular weight excluding hydrogens is 350 g/mol. The standard InChI is InChI=1S/C19H25N3O5/c1-12(2)11-15-17(23)22-16(19(21-15)26-4)18(24)20-9-10-27-14-7-5-13(25-3)6-8-14/h5-8,12H,9-11H2,1-4H3,(H,20,24)(H,22,23). The number of nitrogens with one attached hydrogen (secondary N) is 2. The molecule has 0 spiro atoms. The Labute approximate surface area is 157 Å². The average molecular weight is 375 g/mol. The summed E-state index contributed by atoms with van der Waals surface area (Å²) >= 11 is 0. The maximum atomic E-state index is 12.3. The average Bonchev–Trinajstić information content (AvgIpc) is 2.66. The van der Waals surface area contributed by atoms with Crippen LogP contribution >= 0.6 is 0 Å². The summed E-state index contributed by atoms with van der Waals surface area (Å²) in [5.74, 6) is 1.28. The SMILES string of the molecule is COc1ccc(OCCNC(=O)c2[nH]c(=O)c(CC(C)C)nc2OC)cc1. The first-order chi connectivity index (χ1) is 12.9. The van der Waals surface area contributed by atoms with Crippen LogP contribution in [-0.4, -0.2) is 43.2 Å². The molecular formula is C19H25N3O5. The summed E-state index contributed by atoms with van der Waals surface area (Å²) in [4.78, 5) is 31.2. The predicted octanol–water partition coefficient (Wildman–Crippen LogP) is 1.79. The molecule has 1 aromatic heterocycles. The van der Waals surface area contributed by atoms with Gasteiger partial charge in [0, 0.05) is 0 Å². The number of hydrogen-bond acceptors (Lipinski definition) is 6. The lowest BCUT2D eigenvalue weighted by molar-refractivity contribution is 0.0937. The Morgan fingerprint density at radius 1 is 1.15 bits per heavy atom. The monoisotopic (exact) mass is 375 g/mol. The molecule has 0 aliphatic rings. The van der Waals surface area contributed by atoms with Crippen molar-refractivity contribution < 1.29 is 19.0 Å². The van der Waals surface area contributed by atoms with Crippen LogP contribution in [0, 0.1) is 5.92 Å². The Kier molecular flexibility index (Phi) is 7.22. The smallest absolute Gasteiger partial charge is 0.273 e. The van der Waals surface area contributed by atoms with E-state index < -0.39 is 5.91 Å². The van der Waals surface area contributed by atoms with Crippen LogP contribution in [0.2, 0.25) is 0 Å². The van der Waals surface area contributed by atoms with Gasteiger partial charge in [-0.1, -0.05) is 13.8 Å². The van der Waals surface area contributed by atoms with Gasteiger partial charge in [0.15, 0.2) is 5.69 Å². The molecule has 0 atom stereocenters. The largest absolute Gasteiger partial charge is 0.497 e. The zero-order valence-corrected chi connectivity index (χ0v) is 16.0. The van der Waals surface area contributed by atoms with Crippen molar-refractivity contribution >= 4 is 5.91 Å². The molecule has 27 heavy (non-hydrogen) atoms. The van der Waals surface area contributed by atoms with Gasteiger partial charge >= 0.3 is 0 Å². The summed E-state index contributed by atoms with van der Waals surface area (Å²) in [6.07, 6.45) is 0.503. The summed E-state index contributed by atoms with van der Waals surface area (Å²) in [6, 6.07) is 7.12. The van der Waals surface area contributed by atoms with Crippen LogP contribution in [0.4, 0.5) is 0 Å². The van der Waals surface area contributed by atoms with Gasteiger partial charge in [-0.2, -0.15) is 0 Å². The number of carbonyl (C=O) groups excluding carboxylic acids is 1. The molecule has 1 amide bonds. The quantitative estimate of drug-likeness (QED) is 0.648. The number of methoxy groups -OCH3 is 2. The molecule has 146 valence electrons. The number of H-pyrrole nitrogens is 1. The maximum absolute atomic E-state index is 12.3. The van der Waals surface area contributed by atoms with E-state index in [1.54, 1.807) is 31.4 Å². The van der Waals surface area contributed by atoms with E-state index in [0.29, 0.717) is 17.9 Å². The summed E-state index contributed by atoms with van der Waals surface area (Å²) in [5.41, 5.74) is -0.0372. The van der Waals surface area contributed by atoms with Crippen molar-refractivity contribution in [2.45, 2.75) is 20.3 Å². The van der Waals surface area contributed by atoms with E-state index >= 15 is 0 Å². The van der Waals surface area contributed by atoms with Crippen LogP contribution in [0.15, 0.2) is 29.1 Å². The lowest BCUT2D eigenvalue weighted by Gasteiger charge is -2.11. The van der Waals surface area contributed by atoms with Crippen LogP contribution in [0.25, 0.3) is 0 Å². The number of benzene rings is 1. The van der Waals surface area contributed by atoms with Gasteiger partial charge in [-0.05, 0) is 36.6 Å². The molecule has 2 N–H and O–H groups in total. The van der Waals surface area contributed by atoms with E-state index in [1.165, 1.54) is 7.11 Å². The minimum atomic E-state index is -0.481. The van der Waals surface area contributed by atoms with Crippen molar-refractivity contribution in [2.24, 2.45) is 5.92 Å². The van der Waals surface area contributed by atoms with Gasteiger partial charge in [0.1, 0.15) is 23.8 Å². The minimum absolute atomic E-state index is 0.000506. The molecule has 2 rings (SSSR count). The number of aromatic amines is 1. The van der Waals surface area contributed by atoms with Gasteiger partial charge < -0.3 is 24.5 Å². The van der Waals surface area contributed by atoms with Crippen molar-refractivity contribution in [3.63, 3.8) is 0 Å². The highest BCUT2D eigenvalue weighted by atomic mass is 16.5. The highest BCUT2D eigenvalue weighted by molar-refractivity contribution is 5.94. The molecule has 0 saturated carbocycles. The lowest BCUT2D eigenvalue weighted by atomic mass is 10.1. The summed E-state index contributed by atoms with van der Waals surface area (Å²) < 4.78 is 15.8. The third-order valence-corrected chi connectivity index (χ3v) is 3.69. The second-order valence-electron chi connectivity index (χ2n) is 6.27. The summed E-state index contributed by atoms with van der Waals surface area (Å²) in [7, 11) is 3.00. The fourth-order valence-electron chi connectivity index (χ4n) is 2.39. The van der Waals surface area contributed by atoms with Crippen LogP contribution in [-0.2, 0) is 6.42 Å². The third-order valence-electron chi connectivity index (χ3n) is 3.69. The molecule has 0 saturated heterocycles. The maximum Gasteiger partial charge on any atom is 0.273 e. The van der Waals surface area contributed by atoms with Crippen LogP contribution in [0.5, 0.6) is 17.4 Å². The molecule has 0 radical (unpaired) electrons. The summed E-state index contributed by atoms with van der Waals surface area (Å²) in [6.45, 7) is 4.49. The van der Waals surface area contributed by atoms with Crippen molar-refractivity contribution in [3.8, 4) is 17.4 Å². The van der Waals surface area contributed by atoms with Gasteiger partial charge in [-0.25, -0.2) is 4.98 Å². The van der Waals surface area contributed by atoms with E-state index in [0.717, 1.165) is 5.75 Å². The molecule has 1 heterocycles.